The Morgan fingerprint density at radius 1 is 0.944 bits per heavy atom. The minimum Gasteiger partial charge on any atom is -0.317 e. The molecule has 0 saturated carbocycles. The van der Waals surface area contributed by atoms with Crippen LogP contribution in [0.25, 0.3) is 0 Å². The van der Waals surface area contributed by atoms with Gasteiger partial charge in [0.25, 0.3) is 0 Å². The molecule has 1 unspecified atom stereocenters. The van der Waals surface area contributed by atoms with Crippen molar-refractivity contribution in [2.75, 3.05) is 26.2 Å². The van der Waals surface area contributed by atoms with Crippen LogP contribution in [0.5, 0.6) is 0 Å². The Bertz CT molecular complexity index is 237. The van der Waals surface area contributed by atoms with Gasteiger partial charge in [-0.2, -0.15) is 0 Å². The lowest BCUT2D eigenvalue weighted by molar-refractivity contribution is 0.106. The van der Waals surface area contributed by atoms with Crippen LogP contribution in [-0.2, 0) is 0 Å². The van der Waals surface area contributed by atoms with Crippen LogP contribution in [0.2, 0.25) is 0 Å². The Hall–Kier alpha value is -0.0800. The first-order valence-electron chi connectivity index (χ1n) is 8.01. The zero-order valence-corrected chi connectivity index (χ0v) is 12.6. The van der Waals surface area contributed by atoms with Crippen LogP contribution >= 0.6 is 0 Å². The van der Waals surface area contributed by atoms with Gasteiger partial charge in [0.2, 0.25) is 0 Å². The molecule has 2 heteroatoms. The van der Waals surface area contributed by atoms with Crippen molar-refractivity contribution in [1.82, 2.24) is 10.6 Å². The molecule has 2 fully saturated rings. The molecule has 0 radical (unpaired) electrons. The van der Waals surface area contributed by atoms with Crippen molar-refractivity contribution in [1.29, 1.82) is 0 Å². The van der Waals surface area contributed by atoms with E-state index in [0.717, 1.165) is 17.8 Å². The monoisotopic (exact) mass is 252 g/mol. The van der Waals surface area contributed by atoms with E-state index in [1.165, 1.54) is 58.3 Å². The summed E-state index contributed by atoms with van der Waals surface area (Å²) in [4.78, 5) is 0. The third kappa shape index (κ3) is 3.71. The lowest BCUT2D eigenvalue weighted by Gasteiger charge is -2.41. The fraction of sp³-hybridized carbons (Fsp3) is 1.00. The van der Waals surface area contributed by atoms with Crippen molar-refractivity contribution in [2.24, 2.45) is 23.2 Å². The molecule has 0 aliphatic carbocycles. The van der Waals surface area contributed by atoms with E-state index in [2.05, 4.69) is 31.4 Å². The van der Waals surface area contributed by atoms with Crippen LogP contribution in [-0.4, -0.2) is 26.2 Å². The second-order valence-corrected chi connectivity index (χ2v) is 7.28. The first-order chi connectivity index (χ1) is 8.59. The van der Waals surface area contributed by atoms with Crippen molar-refractivity contribution in [3.8, 4) is 0 Å². The fourth-order valence-corrected chi connectivity index (χ4v) is 4.18. The van der Waals surface area contributed by atoms with Crippen molar-refractivity contribution in [3.05, 3.63) is 0 Å². The topological polar surface area (TPSA) is 24.1 Å². The maximum absolute atomic E-state index is 3.50. The van der Waals surface area contributed by atoms with Crippen molar-refractivity contribution in [3.63, 3.8) is 0 Å². The van der Waals surface area contributed by atoms with Crippen molar-refractivity contribution in [2.45, 2.75) is 52.9 Å². The van der Waals surface area contributed by atoms with Crippen LogP contribution in [0.15, 0.2) is 0 Å². The summed E-state index contributed by atoms with van der Waals surface area (Å²) in [7, 11) is 0. The van der Waals surface area contributed by atoms with Gasteiger partial charge in [0.1, 0.15) is 0 Å². The summed E-state index contributed by atoms with van der Waals surface area (Å²) in [6.45, 7) is 12.5. The highest BCUT2D eigenvalue weighted by Gasteiger charge is 2.33. The average molecular weight is 252 g/mol. The molecule has 2 heterocycles. The second-order valence-electron chi connectivity index (χ2n) is 7.28. The van der Waals surface area contributed by atoms with E-state index in [1.807, 2.05) is 0 Å². The van der Waals surface area contributed by atoms with Gasteiger partial charge in [0, 0.05) is 0 Å². The molecule has 106 valence electrons. The van der Waals surface area contributed by atoms with Gasteiger partial charge in [0.15, 0.2) is 0 Å². The quantitative estimate of drug-likeness (QED) is 0.803. The maximum atomic E-state index is 3.50. The van der Waals surface area contributed by atoms with Gasteiger partial charge < -0.3 is 10.6 Å². The van der Waals surface area contributed by atoms with Gasteiger partial charge in [-0.3, -0.25) is 0 Å². The summed E-state index contributed by atoms with van der Waals surface area (Å²) >= 11 is 0. The Kier molecular flexibility index (Phi) is 5.08. The lowest BCUT2D eigenvalue weighted by Crippen LogP contribution is -2.38. The molecular formula is C16H32N2. The van der Waals surface area contributed by atoms with Crippen molar-refractivity contribution < 1.29 is 0 Å². The van der Waals surface area contributed by atoms with E-state index in [4.69, 9.17) is 0 Å². The lowest BCUT2D eigenvalue weighted by atomic mass is 9.67. The highest BCUT2D eigenvalue weighted by Crippen LogP contribution is 2.41. The van der Waals surface area contributed by atoms with Gasteiger partial charge in [0.05, 0.1) is 0 Å². The number of hydrogen-bond acceptors (Lipinski definition) is 2. The van der Waals surface area contributed by atoms with E-state index >= 15 is 0 Å². The molecule has 2 aliphatic rings. The molecule has 0 aromatic carbocycles. The molecule has 2 N–H and O–H groups in total. The van der Waals surface area contributed by atoms with Crippen LogP contribution < -0.4 is 10.6 Å². The molecular weight excluding hydrogens is 220 g/mol. The molecule has 2 nitrogen and oxygen atoms in total. The SMILES string of the molecule is CC(CC(C)(C)C1CCNCC1)C1CCNCC1. The molecule has 0 aromatic heterocycles. The van der Waals surface area contributed by atoms with Gasteiger partial charge in [-0.05, 0) is 81.5 Å². The number of hydrogen-bond donors (Lipinski definition) is 2. The van der Waals surface area contributed by atoms with E-state index in [9.17, 15) is 0 Å². The van der Waals surface area contributed by atoms with Crippen LogP contribution in [0.3, 0.4) is 0 Å². The summed E-state index contributed by atoms with van der Waals surface area (Å²) in [5.74, 6) is 2.80. The van der Waals surface area contributed by atoms with Gasteiger partial charge in [-0.1, -0.05) is 20.8 Å². The predicted octanol–water partition coefficient (Wildman–Crippen LogP) is 3.04. The van der Waals surface area contributed by atoms with Crippen LogP contribution in [0, 0.1) is 23.2 Å². The Morgan fingerprint density at radius 3 is 2.00 bits per heavy atom. The Morgan fingerprint density at radius 2 is 1.44 bits per heavy atom. The van der Waals surface area contributed by atoms with E-state index in [-0.39, 0.29) is 0 Å². The second kappa shape index (κ2) is 6.38. The van der Waals surface area contributed by atoms with Gasteiger partial charge >= 0.3 is 0 Å². The molecule has 0 spiro atoms. The number of rotatable bonds is 4. The largest absolute Gasteiger partial charge is 0.317 e. The molecule has 2 saturated heterocycles. The summed E-state index contributed by atoms with van der Waals surface area (Å²) in [6.07, 6.45) is 6.97. The fourth-order valence-electron chi connectivity index (χ4n) is 4.18. The van der Waals surface area contributed by atoms with E-state index in [0.29, 0.717) is 5.41 Å². The zero-order chi connectivity index (χ0) is 13.0. The Balaban J connectivity index is 1.85. The minimum absolute atomic E-state index is 0.534. The molecule has 2 rings (SSSR count). The minimum atomic E-state index is 0.534. The third-order valence-electron chi connectivity index (χ3n) is 5.48. The smallest absolute Gasteiger partial charge is 0.00461 e. The summed E-state index contributed by atoms with van der Waals surface area (Å²) in [5, 5.41) is 6.98. The number of nitrogens with one attached hydrogen (secondary N) is 2. The molecule has 0 bridgehead atoms. The zero-order valence-electron chi connectivity index (χ0n) is 12.6. The summed E-state index contributed by atoms with van der Waals surface area (Å²) < 4.78 is 0. The first-order valence-corrected chi connectivity index (χ1v) is 8.01. The van der Waals surface area contributed by atoms with Gasteiger partial charge in [-0.25, -0.2) is 0 Å². The highest BCUT2D eigenvalue weighted by molar-refractivity contribution is 4.86. The standard InChI is InChI=1S/C16H32N2/c1-13(14-4-8-17-9-5-14)12-16(2,3)15-6-10-18-11-7-15/h13-15,17-18H,4-12H2,1-3H3. The molecule has 0 amide bonds. The molecule has 1 atom stereocenters. The first kappa shape index (κ1) is 14.3. The number of piperidine rings is 2. The van der Waals surface area contributed by atoms with Crippen molar-refractivity contribution >= 4 is 0 Å². The summed E-state index contributed by atoms with van der Waals surface area (Å²) in [6, 6.07) is 0. The van der Waals surface area contributed by atoms with E-state index < -0.39 is 0 Å². The summed E-state index contributed by atoms with van der Waals surface area (Å²) in [5.41, 5.74) is 0.534. The molecule has 0 aromatic rings. The highest BCUT2D eigenvalue weighted by atomic mass is 14.9. The third-order valence-corrected chi connectivity index (χ3v) is 5.48. The molecule has 18 heavy (non-hydrogen) atoms. The normalized spacial score (nSPS) is 26.2. The maximum Gasteiger partial charge on any atom is -0.00461 e. The average Bonchev–Trinajstić information content (AvgIpc) is 2.40. The van der Waals surface area contributed by atoms with Crippen LogP contribution in [0.4, 0.5) is 0 Å². The van der Waals surface area contributed by atoms with E-state index in [1.54, 1.807) is 0 Å². The molecule has 2 aliphatic heterocycles. The van der Waals surface area contributed by atoms with Crippen LogP contribution in [0.1, 0.15) is 52.9 Å². The predicted molar refractivity (Wildman–Crippen MR) is 78.7 cm³/mol. The van der Waals surface area contributed by atoms with Gasteiger partial charge in [-0.15, -0.1) is 0 Å². The Labute approximate surface area is 113 Å².